The summed E-state index contributed by atoms with van der Waals surface area (Å²) in [6.07, 6.45) is -3.56. The number of hydrogen-bond donors (Lipinski definition) is 0. The van der Waals surface area contributed by atoms with Gasteiger partial charge in [-0.2, -0.15) is 0 Å². The van der Waals surface area contributed by atoms with Gasteiger partial charge in [0.25, 0.3) is 6.43 Å². The first-order valence-electron chi connectivity index (χ1n) is 15.8. The molecule has 0 spiro atoms. The molecule has 262 valence electrons. The Labute approximate surface area is 272 Å². The zero-order valence-electron chi connectivity index (χ0n) is 29.1. The van der Waals surface area contributed by atoms with Crippen LogP contribution in [0.25, 0.3) is 0 Å². The van der Waals surface area contributed by atoms with Crippen molar-refractivity contribution in [3.8, 4) is 0 Å². The molecular formula is C33H53F2N2O8P. The van der Waals surface area contributed by atoms with Gasteiger partial charge in [0, 0.05) is 37.9 Å². The van der Waals surface area contributed by atoms with E-state index < -0.39 is 53.9 Å². The minimum Gasteiger partial charge on any atom is -0.459 e. The highest BCUT2D eigenvalue weighted by Gasteiger charge is 2.59. The van der Waals surface area contributed by atoms with E-state index in [0.29, 0.717) is 13.1 Å². The number of esters is 1. The molecule has 2 unspecified atom stereocenters. The highest BCUT2D eigenvalue weighted by molar-refractivity contribution is 7.62. The molecule has 0 saturated carbocycles. The Balaban J connectivity index is 2.38. The van der Waals surface area contributed by atoms with Gasteiger partial charge >= 0.3 is 18.2 Å². The second-order valence-corrected chi connectivity index (χ2v) is 17.6. The van der Waals surface area contributed by atoms with Crippen molar-refractivity contribution in [2.24, 2.45) is 0 Å². The number of carbonyl (C=O) groups excluding carboxylic acids is 3. The maximum Gasteiger partial charge on any atom is 0.419 e. The third kappa shape index (κ3) is 11.6. The number of ether oxygens (including phenoxy) is 3. The zero-order valence-corrected chi connectivity index (χ0v) is 30.0. The standard InChI is InChI=1S/C33H53F2N2O8P/c1-11-42-46(41)21-20-36(22-24-14-16-25(17-15-24)26(34)35)23-33(46,27(38)43-30(2,3)4)18-12-13-19-37(28(39)44-31(5,6)7)29(40)45-32(8,9)10/h14-17,26H,11-13,18-23H2,1-10H3. The molecule has 1 aliphatic rings. The van der Waals surface area contributed by atoms with Gasteiger partial charge in [0.05, 0.1) is 6.61 Å². The molecule has 1 heterocycles. The molecule has 1 aromatic carbocycles. The van der Waals surface area contributed by atoms with Crippen LogP contribution in [0.4, 0.5) is 18.4 Å². The van der Waals surface area contributed by atoms with Gasteiger partial charge in [-0.05, 0) is 94.1 Å². The number of rotatable bonds is 11. The Hall–Kier alpha value is -2.56. The van der Waals surface area contributed by atoms with E-state index in [1.165, 1.54) is 12.1 Å². The van der Waals surface area contributed by atoms with Gasteiger partial charge < -0.3 is 18.7 Å². The van der Waals surface area contributed by atoms with Crippen LogP contribution in [0.1, 0.15) is 106 Å². The van der Waals surface area contributed by atoms with Crippen molar-refractivity contribution in [1.29, 1.82) is 0 Å². The zero-order chi connectivity index (χ0) is 35.1. The van der Waals surface area contributed by atoms with Crippen molar-refractivity contribution in [1.82, 2.24) is 9.80 Å². The summed E-state index contributed by atoms with van der Waals surface area (Å²) in [6.45, 7) is 17.9. The van der Waals surface area contributed by atoms with Crippen LogP contribution in [-0.4, -0.2) is 82.3 Å². The molecule has 0 radical (unpaired) electrons. The Kier molecular flexibility index (Phi) is 13.4. The predicted octanol–water partition coefficient (Wildman–Crippen LogP) is 8.18. The molecule has 1 fully saturated rings. The Morgan fingerprint density at radius 3 is 1.87 bits per heavy atom. The van der Waals surface area contributed by atoms with Gasteiger partial charge in [0.15, 0.2) is 5.16 Å². The fraction of sp³-hybridized carbons (Fsp3) is 0.727. The van der Waals surface area contributed by atoms with Crippen LogP contribution in [0.5, 0.6) is 0 Å². The summed E-state index contributed by atoms with van der Waals surface area (Å²) in [7, 11) is -3.63. The molecule has 1 aliphatic heterocycles. The monoisotopic (exact) mass is 674 g/mol. The summed E-state index contributed by atoms with van der Waals surface area (Å²) in [5.74, 6) is -0.648. The number of benzene rings is 1. The Bertz CT molecular complexity index is 1210. The molecule has 2 atom stereocenters. The molecule has 13 heteroatoms. The Morgan fingerprint density at radius 2 is 1.41 bits per heavy atom. The minimum atomic E-state index is -3.63. The maximum atomic E-state index is 14.6. The predicted molar refractivity (Wildman–Crippen MR) is 172 cm³/mol. The molecule has 0 N–H and O–H groups in total. The summed E-state index contributed by atoms with van der Waals surface area (Å²) in [6, 6.07) is 5.99. The third-order valence-electron chi connectivity index (χ3n) is 7.05. The summed E-state index contributed by atoms with van der Waals surface area (Å²) in [5.41, 5.74) is -1.90. The smallest absolute Gasteiger partial charge is 0.419 e. The largest absolute Gasteiger partial charge is 0.459 e. The molecular weight excluding hydrogens is 621 g/mol. The van der Waals surface area contributed by atoms with Gasteiger partial charge in [-0.15, -0.1) is 0 Å². The lowest BCUT2D eigenvalue weighted by Gasteiger charge is -2.46. The topological polar surface area (TPSA) is 112 Å². The quantitative estimate of drug-likeness (QED) is 0.0993. The van der Waals surface area contributed by atoms with E-state index in [-0.39, 0.29) is 50.7 Å². The fourth-order valence-corrected chi connectivity index (χ4v) is 8.11. The lowest BCUT2D eigenvalue weighted by Crippen LogP contribution is -2.56. The van der Waals surface area contributed by atoms with Gasteiger partial charge in [0.2, 0.25) is 7.37 Å². The van der Waals surface area contributed by atoms with Crippen molar-refractivity contribution < 1.29 is 46.5 Å². The summed E-state index contributed by atoms with van der Waals surface area (Å²) in [5, 5.41) is -1.54. The van der Waals surface area contributed by atoms with Crippen LogP contribution in [0.2, 0.25) is 0 Å². The maximum absolute atomic E-state index is 14.6. The third-order valence-corrected chi connectivity index (χ3v) is 10.4. The number of hydrogen-bond acceptors (Lipinski definition) is 9. The number of unbranched alkanes of at least 4 members (excludes halogenated alkanes) is 1. The van der Waals surface area contributed by atoms with E-state index in [1.54, 1.807) is 81.4 Å². The lowest BCUT2D eigenvalue weighted by atomic mass is 9.98. The van der Waals surface area contributed by atoms with E-state index in [1.807, 2.05) is 4.90 Å². The fourth-order valence-electron chi connectivity index (χ4n) is 5.11. The van der Waals surface area contributed by atoms with Crippen molar-refractivity contribution in [2.75, 3.05) is 32.4 Å². The number of nitrogens with zero attached hydrogens (tertiary/aromatic N) is 2. The first kappa shape index (κ1) is 39.6. The molecule has 0 aliphatic carbocycles. The van der Waals surface area contributed by atoms with Gasteiger partial charge in [-0.1, -0.05) is 24.3 Å². The summed E-state index contributed by atoms with van der Waals surface area (Å²) < 4.78 is 63.5. The number of halogens is 2. The van der Waals surface area contributed by atoms with Crippen molar-refractivity contribution in [3.05, 3.63) is 35.4 Å². The second kappa shape index (κ2) is 15.6. The van der Waals surface area contributed by atoms with Gasteiger partial charge in [-0.3, -0.25) is 14.3 Å². The number of carbonyl (C=O) groups is 3. The first-order valence-corrected chi connectivity index (χ1v) is 17.6. The van der Waals surface area contributed by atoms with Crippen LogP contribution in [-0.2, 0) is 34.6 Å². The summed E-state index contributed by atoms with van der Waals surface area (Å²) >= 11 is 0. The molecule has 0 aromatic heterocycles. The average Bonchev–Trinajstić information content (AvgIpc) is 2.87. The second-order valence-electron chi connectivity index (χ2n) is 14.7. The first-order chi connectivity index (χ1) is 21.0. The molecule has 2 rings (SSSR count). The van der Waals surface area contributed by atoms with Crippen LogP contribution in [0, 0.1) is 0 Å². The van der Waals surface area contributed by atoms with Crippen LogP contribution < -0.4 is 0 Å². The van der Waals surface area contributed by atoms with Crippen LogP contribution >= 0.6 is 7.37 Å². The molecule has 46 heavy (non-hydrogen) atoms. The molecule has 1 aromatic rings. The van der Waals surface area contributed by atoms with E-state index in [4.69, 9.17) is 18.7 Å². The van der Waals surface area contributed by atoms with Gasteiger partial charge in [-0.25, -0.2) is 23.3 Å². The van der Waals surface area contributed by atoms with Gasteiger partial charge in [0.1, 0.15) is 16.8 Å². The lowest BCUT2D eigenvalue weighted by molar-refractivity contribution is -0.160. The number of alkyl halides is 2. The summed E-state index contributed by atoms with van der Waals surface area (Å²) in [4.78, 5) is 42.9. The van der Waals surface area contributed by atoms with Crippen LogP contribution in [0.3, 0.4) is 0 Å². The highest BCUT2D eigenvalue weighted by atomic mass is 31.2. The van der Waals surface area contributed by atoms with E-state index in [2.05, 4.69) is 0 Å². The molecule has 2 amide bonds. The van der Waals surface area contributed by atoms with Crippen molar-refractivity contribution >= 4 is 25.5 Å². The number of amides is 2. The SMILES string of the molecule is CCOP1(=O)CCN(Cc2ccc(C(F)F)cc2)CC1(CCCCN(C(=O)OC(C)(C)C)C(=O)OC(C)(C)C)C(=O)OC(C)(C)C. The minimum absolute atomic E-state index is 0.0532. The van der Waals surface area contributed by atoms with Crippen LogP contribution in [0.15, 0.2) is 24.3 Å². The molecule has 1 saturated heterocycles. The Morgan fingerprint density at radius 1 is 0.891 bits per heavy atom. The van der Waals surface area contributed by atoms with E-state index in [0.717, 1.165) is 10.5 Å². The van der Waals surface area contributed by atoms with Crippen molar-refractivity contribution in [3.63, 3.8) is 0 Å². The number of imide groups is 1. The molecule has 10 nitrogen and oxygen atoms in total. The molecule has 0 bridgehead atoms. The highest BCUT2D eigenvalue weighted by Crippen LogP contribution is 2.64. The normalized spacial score (nSPS) is 21.2. The van der Waals surface area contributed by atoms with E-state index >= 15 is 0 Å². The van der Waals surface area contributed by atoms with Crippen molar-refractivity contribution in [2.45, 2.75) is 123 Å². The van der Waals surface area contributed by atoms with E-state index in [9.17, 15) is 27.7 Å². The average molecular weight is 675 g/mol.